The van der Waals surface area contributed by atoms with E-state index < -0.39 is 0 Å². The normalized spacial score (nSPS) is 18.0. The van der Waals surface area contributed by atoms with Crippen LogP contribution in [-0.2, 0) is 6.54 Å². The Balaban J connectivity index is 1.58. The van der Waals surface area contributed by atoms with Crippen molar-refractivity contribution in [1.82, 2.24) is 15.1 Å². The van der Waals surface area contributed by atoms with E-state index in [1.54, 1.807) is 0 Å². The Kier molecular flexibility index (Phi) is 3.41. The summed E-state index contributed by atoms with van der Waals surface area (Å²) >= 11 is 0. The highest BCUT2D eigenvalue weighted by Gasteiger charge is 2.26. The minimum Gasteiger partial charge on any atom is -0.314 e. The fourth-order valence-corrected chi connectivity index (χ4v) is 1.92. The summed E-state index contributed by atoms with van der Waals surface area (Å²) in [5, 5.41) is 7.85. The molecular formula is C12H21N3. The van der Waals surface area contributed by atoms with E-state index >= 15 is 0 Å². The second kappa shape index (κ2) is 4.79. The van der Waals surface area contributed by atoms with Crippen molar-refractivity contribution < 1.29 is 0 Å². The smallest absolute Gasteiger partial charge is 0.0518 e. The van der Waals surface area contributed by atoms with E-state index in [4.69, 9.17) is 0 Å². The zero-order chi connectivity index (χ0) is 10.7. The van der Waals surface area contributed by atoms with Crippen molar-refractivity contribution in [3.63, 3.8) is 0 Å². The van der Waals surface area contributed by atoms with Gasteiger partial charge in [-0.3, -0.25) is 4.68 Å². The number of hydrogen-bond donors (Lipinski definition) is 1. The van der Waals surface area contributed by atoms with Crippen molar-refractivity contribution in [3.05, 3.63) is 18.0 Å². The summed E-state index contributed by atoms with van der Waals surface area (Å²) in [4.78, 5) is 0. The van der Waals surface area contributed by atoms with E-state index in [-0.39, 0.29) is 0 Å². The van der Waals surface area contributed by atoms with Crippen molar-refractivity contribution in [2.45, 2.75) is 45.7 Å². The number of nitrogens with one attached hydrogen (secondary N) is 1. The molecule has 0 aliphatic heterocycles. The predicted octanol–water partition coefficient (Wildman–Crippen LogP) is 1.97. The summed E-state index contributed by atoms with van der Waals surface area (Å²) in [7, 11) is 0. The van der Waals surface area contributed by atoms with Crippen LogP contribution in [0, 0.1) is 12.8 Å². The maximum atomic E-state index is 4.27. The molecule has 15 heavy (non-hydrogen) atoms. The van der Waals surface area contributed by atoms with E-state index in [0.29, 0.717) is 6.04 Å². The lowest BCUT2D eigenvalue weighted by atomic mass is 10.2. The Morgan fingerprint density at radius 2 is 2.40 bits per heavy atom. The standard InChI is InChI=1S/C12H21N3/c1-10-8-14-15(9-10)7-3-6-13-11(2)12-4-5-12/h8-9,11-13H,3-7H2,1-2H3. The first-order valence-corrected chi connectivity index (χ1v) is 5.98. The molecule has 84 valence electrons. The van der Waals surface area contributed by atoms with Gasteiger partial charge in [0.2, 0.25) is 0 Å². The fourth-order valence-electron chi connectivity index (χ4n) is 1.92. The molecule has 2 rings (SSSR count). The van der Waals surface area contributed by atoms with Gasteiger partial charge in [0.25, 0.3) is 0 Å². The molecule has 0 aromatic carbocycles. The highest BCUT2D eigenvalue weighted by molar-refractivity contribution is 4.99. The summed E-state index contributed by atoms with van der Waals surface area (Å²) < 4.78 is 2.03. The van der Waals surface area contributed by atoms with Crippen LogP contribution in [0.1, 0.15) is 31.7 Å². The Morgan fingerprint density at radius 1 is 1.60 bits per heavy atom. The first kappa shape index (κ1) is 10.7. The van der Waals surface area contributed by atoms with E-state index in [9.17, 15) is 0 Å². The zero-order valence-electron chi connectivity index (χ0n) is 9.74. The third-order valence-electron chi connectivity index (χ3n) is 3.12. The van der Waals surface area contributed by atoms with E-state index in [1.807, 2.05) is 10.9 Å². The quantitative estimate of drug-likeness (QED) is 0.723. The molecule has 0 spiro atoms. The van der Waals surface area contributed by atoms with Crippen molar-refractivity contribution >= 4 is 0 Å². The molecule has 3 nitrogen and oxygen atoms in total. The summed E-state index contributed by atoms with van der Waals surface area (Å²) in [6.45, 7) is 6.52. The van der Waals surface area contributed by atoms with Gasteiger partial charge in [0.15, 0.2) is 0 Å². The van der Waals surface area contributed by atoms with Gasteiger partial charge in [-0.05, 0) is 51.1 Å². The van der Waals surface area contributed by atoms with E-state index in [1.165, 1.54) is 18.4 Å². The van der Waals surface area contributed by atoms with Crippen LogP contribution in [0.3, 0.4) is 0 Å². The molecule has 1 fully saturated rings. The van der Waals surface area contributed by atoms with Crippen molar-refractivity contribution in [3.8, 4) is 0 Å². The van der Waals surface area contributed by atoms with Gasteiger partial charge in [0, 0.05) is 18.8 Å². The van der Waals surface area contributed by atoms with Crippen LogP contribution < -0.4 is 5.32 Å². The van der Waals surface area contributed by atoms with Gasteiger partial charge < -0.3 is 5.32 Å². The van der Waals surface area contributed by atoms with Crippen molar-refractivity contribution in [1.29, 1.82) is 0 Å². The highest BCUT2D eigenvalue weighted by atomic mass is 15.3. The minimum atomic E-state index is 0.712. The second-order valence-electron chi connectivity index (χ2n) is 4.71. The molecule has 1 aromatic rings. The van der Waals surface area contributed by atoms with Crippen LogP contribution >= 0.6 is 0 Å². The lowest BCUT2D eigenvalue weighted by Gasteiger charge is -2.12. The van der Waals surface area contributed by atoms with E-state index in [0.717, 1.165) is 25.4 Å². The van der Waals surface area contributed by atoms with Gasteiger partial charge in [-0.2, -0.15) is 5.10 Å². The van der Waals surface area contributed by atoms with Gasteiger partial charge in [-0.15, -0.1) is 0 Å². The van der Waals surface area contributed by atoms with Crippen LogP contribution in [0.25, 0.3) is 0 Å². The molecule has 3 heteroatoms. The summed E-state index contributed by atoms with van der Waals surface area (Å²) in [6.07, 6.45) is 8.03. The average Bonchev–Trinajstić information content (AvgIpc) is 2.98. The molecule has 1 saturated carbocycles. The number of hydrogen-bond acceptors (Lipinski definition) is 2. The van der Waals surface area contributed by atoms with Gasteiger partial charge in [0.05, 0.1) is 6.20 Å². The van der Waals surface area contributed by atoms with Crippen LogP contribution in [0.15, 0.2) is 12.4 Å². The molecule has 1 unspecified atom stereocenters. The molecule has 0 saturated heterocycles. The number of nitrogens with zero attached hydrogens (tertiary/aromatic N) is 2. The summed E-state index contributed by atoms with van der Waals surface area (Å²) in [6, 6.07) is 0.712. The molecule has 0 bridgehead atoms. The Bertz CT molecular complexity index is 302. The zero-order valence-corrected chi connectivity index (χ0v) is 9.74. The third kappa shape index (κ3) is 3.34. The van der Waals surface area contributed by atoms with Crippen LogP contribution in [-0.4, -0.2) is 22.4 Å². The largest absolute Gasteiger partial charge is 0.314 e. The number of aryl methyl sites for hydroxylation is 2. The lowest BCUT2D eigenvalue weighted by Crippen LogP contribution is -2.29. The monoisotopic (exact) mass is 207 g/mol. The molecule has 0 amide bonds. The topological polar surface area (TPSA) is 29.9 Å². The fraction of sp³-hybridized carbons (Fsp3) is 0.750. The Morgan fingerprint density at radius 3 is 3.00 bits per heavy atom. The van der Waals surface area contributed by atoms with Gasteiger partial charge in [0.1, 0.15) is 0 Å². The molecule has 1 N–H and O–H groups in total. The predicted molar refractivity (Wildman–Crippen MR) is 61.8 cm³/mol. The molecular weight excluding hydrogens is 186 g/mol. The molecule has 1 aliphatic rings. The molecule has 1 aliphatic carbocycles. The van der Waals surface area contributed by atoms with E-state index in [2.05, 4.69) is 30.5 Å². The molecule has 1 atom stereocenters. The first-order chi connectivity index (χ1) is 7.25. The number of aromatic nitrogens is 2. The highest BCUT2D eigenvalue weighted by Crippen LogP contribution is 2.32. The minimum absolute atomic E-state index is 0.712. The summed E-state index contributed by atoms with van der Waals surface area (Å²) in [5.41, 5.74) is 1.24. The molecule has 1 aromatic heterocycles. The lowest BCUT2D eigenvalue weighted by molar-refractivity contribution is 0.466. The average molecular weight is 207 g/mol. The Hall–Kier alpha value is -0.830. The maximum Gasteiger partial charge on any atom is 0.0518 e. The number of rotatable bonds is 6. The second-order valence-corrected chi connectivity index (χ2v) is 4.71. The SMILES string of the molecule is Cc1cnn(CCCNC(C)C2CC2)c1. The van der Waals surface area contributed by atoms with Crippen LogP contribution in [0.2, 0.25) is 0 Å². The third-order valence-corrected chi connectivity index (χ3v) is 3.12. The first-order valence-electron chi connectivity index (χ1n) is 5.98. The van der Waals surface area contributed by atoms with Crippen LogP contribution in [0.4, 0.5) is 0 Å². The van der Waals surface area contributed by atoms with Gasteiger partial charge >= 0.3 is 0 Å². The van der Waals surface area contributed by atoms with Crippen molar-refractivity contribution in [2.24, 2.45) is 5.92 Å². The maximum absolute atomic E-state index is 4.27. The van der Waals surface area contributed by atoms with Gasteiger partial charge in [-0.1, -0.05) is 0 Å². The van der Waals surface area contributed by atoms with Crippen LogP contribution in [0.5, 0.6) is 0 Å². The Labute approximate surface area is 91.9 Å². The van der Waals surface area contributed by atoms with Crippen molar-refractivity contribution in [2.75, 3.05) is 6.54 Å². The molecule has 0 radical (unpaired) electrons. The summed E-state index contributed by atoms with van der Waals surface area (Å²) in [5.74, 6) is 0.956. The molecule has 1 heterocycles. The van der Waals surface area contributed by atoms with Gasteiger partial charge in [-0.25, -0.2) is 0 Å².